The van der Waals surface area contributed by atoms with E-state index >= 15 is 0 Å². The van der Waals surface area contributed by atoms with E-state index in [2.05, 4.69) is 10.1 Å². The Balaban J connectivity index is 2.00. The number of methoxy groups -OCH3 is 1. The van der Waals surface area contributed by atoms with Crippen LogP contribution in [0.15, 0.2) is 34.9 Å². The number of anilines is 1. The molecule has 1 aromatic heterocycles. The molecule has 0 fully saturated rings. The fourth-order valence-electron chi connectivity index (χ4n) is 1.65. The summed E-state index contributed by atoms with van der Waals surface area (Å²) in [7, 11) is 1.33. The van der Waals surface area contributed by atoms with Crippen LogP contribution in [0.5, 0.6) is 5.75 Å². The topological polar surface area (TPSA) is 71.7 Å². The van der Waals surface area contributed by atoms with Gasteiger partial charge in [0.05, 0.1) is 19.2 Å². The first kappa shape index (κ1) is 13.0. The molecule has 19 heavy (non-hydrogen) atoms. The van der Waals surface area contributed by atoms with Gasteiger partial charge in [0.15, 0.2) is 0 Å². The fourth-order valence-corrected chi connectivity index (χ4v) is 1.65. The summed E-state index contributed by atoms with van der Waals surface area (Å²) in [4.78, 5) is 11.3. The maximum absolute atomic E-state index is 11.3. The normalized spacial score (nSPS) is 10.2. The first-order valence-corrected chi connectivity index (χ1v) is 5.79. The number of carbonyl (C=O) groups excluding carboxylic acids is 1. The predicted octanol–water partition coefficient (Wildman–Crippen LogP) is 2.69. The smallest absolute Gasteiger partial charge is 0.341 e. The number of rotatable bonds is 4. The van der Waals surface area contributed by atoms with Crippen LogP contribution in [0.2, 0.25) is 0 Å². The second-order valence-corrected chi connectivity index (χ2v) is 4.15. The van der Waals surface area contributed by atoms with Crippen molar-refractivity contribution in [2.24, 2.45) is 0 Å². The number of benzene rings is 1. The van der Waals surface area contributed by atoms with Crippen LogP contribution in [0.25, 0.3) is 0 Å². The van der Waals surface area contributed by atoms with Crippen LogP contribution >= 0.6 is 0 Å². The number of phenols is 1. The lowest BCUT2D eigenvalue weighted by Crippen LogP contribution is -2.00. The van der Waals surface area contributed by atoms with E-state index in [0.29, 0.717) is 17.9 Å². The number of esters is 1. The highest BCUT2D eigenvalue weighted by atomic mass is 16.5. The minimum Gasteiger partial charge on any atom is -0.508 e. The molecule has 0 aliphatic rings. The Hall–Kier alpha value is -2.43. The van der Waals surface area contributed by atoms with Gasteiger partial charge in [-0.1, -0.05) is 0 Å². The molecule has 2 aromatic rings. The quantitative estimate of drug-likeness (QED) is 0.654. The molecule has 5 heteroatoms. The number of carbonyl (C=O) groups is 1. The van der Waals surface area contributed by atoms with Gasteiger partial charge >= 0.3 is 5.97 Å². The Bertz CT molecular complexity index is 589. The first-order chi connectivity index (χ1) is 9.10. The van der Waals surface area contributed by atoms with Gasteiger partial charge in [-0.05, 0) is 36.8 Å². The molecule has 0 saturated carbocycles. The number of nitrogens with one attached hydrogen (secondary N) is 1. The van der Waals surface area contributed by atoms with E-state index in [-0.39, 0.29) is 5.75 Å². The van der Waals surface area contributed by atoms with Crippen LogP contribution < -0.4 is 5.32 Å². The average Bonchev–Trinajstić information content (AvgIpc) is 2.88. The lowest BCUT2D eigenvalue weighted by atomic mass is 10.2. The van der Waals surface area contributed by atoms with Crippen molar-refractivity contribution in [3.63, 3.8) is 0 Å². The number of aromatic hydroxyl groups is 1. The lowest BCUT2D eigenvalue weighted by molar-refractivity contribution is 0.0600. The largest absolute Gasteiger partial charge is 0.508 e. The molecule has 0 unspecified atom stereocenters. The summed E-state index contributed by atoms with van der Waals surface area (Å²) in [6.45, 7) is 2.27. The molecular weight excluding hydrogens is 246 g/mol. The second kappa shape index (κ2) is 5.48. The van der Waals surface area contributed by atoms with Gasteiger partial charge in [0.1, 0.15) is 17.8 Å². The molecule has 0 spiro atoms. The fraction of sp³-hybridized carbons (Fsp3) is 0.214. The Morgan fingerprint density at radius 3 is 2.89 bits per heavy atom. The number of phenolic OH excluding ortho intramolecular Hbond substituents is 1. The zero-order chi connectivity index (χ0) is 13.8. The maximum Gasteiger partial charge on any atom is 0.341 e. The van der Waals surface area contributed by atoms with E-state index in [1.54, 1.807) is 18.2 Å². The van der Waals surface area contributed by atoms with Gasteiger partial charge in [0.25, 0.3) is 0 Å². The van der Waals surface area contributed by atoms with Crippen LogP contribution in [-0.4, -0.2) is 18.2 Å². The second-order valence-electron chi connectivity index (χ2n) is 4.15. The molecule has 0 saturated heterocycles. The molecule has 1 heterocycles. The van der Waals surface area contributed by atoms with Crippen molar-refractivity contribution in [1.29, 1.82) is 0 Å². The maximum atomic E-state index is 11.3. The first-order valence-electron chi connectivity index (χ1n) is 5.79. The monoisotopic (exact) mass is 261 g/mol. The van der Waals surface area contributed by atoms with Gasteiger partial charge in [-0.3, -0.25) is 0 Å². The molecule has 2 rings (SSSR count). The molecule has 0 aliphatic heterocycles. The third-order valence-electron chi connectivity index (χ3n) is 2.74. The van der Waals surface area contributed by atoms with Crippen LogP contribution in [0.4, 0.5) is 5.69 Å². The summed E-state index contributed by atoms with van der Waals surface area (Å²) >= 11 is 0. The summed E-state index contributed by atoms with van der Waals surface area (Å²) in [5.74, 6) is 0.470. The van der Waals surface area contributed by atoms with Crippen LogP contribution in [0.3, 0.4) is 0 Å². The molecule has 0 atom stereocenters. The minimum absolute atomic E-state index is 0.261. The highest BCUT2D eigenvalue weighted by Crippen LogP contribution is 2.20. The van der Waals surface area contributed by atoms with E-state index in [4.69, 9.17) is 4.42 Å². The molecule has 2 N–H and O–H groups in total. The van der Waals surface area contributed by atoms with Crippen molar-refractivity contribution in [2.75, 3.05) is 12.4 Å². The molecule has 0 bridgehead atoms. The van der Waals surface area contributed by atoms with Crippen LogP contribution in [-0.2, 0) is 11.3 Å². The van der Waals surface area contributed by atoms with Crippen molar-refractivity contribution in [2.45, 2.75) is 13.5 Å². The molecule has 0 amide bonds. The van der Waals surface area contributed by atoms with Gasteiger partial charge < -0.3 is 19.6 Å². The summed E-state index contributed by atoms with van der Waals surface area (Å²) < 4.78 is 9.84. The van der Waals surface area contributed by atoms with Crippen molar-refractivity contribution in [3.05, 3.63) is 47.4 Å². The molecule has 1 aromatic carbocycles. The van der Waals surface area contributed by atoms with Gasteiger partial charge in [-0.25, -0.2) is 4.79 Å². The zero-order valence-electron chi connectivity index (χ0n) is 10.8. The van der Waals surface area contributed by atoms with E-state index < -0.39 is 5.97 Å². The van der Waals surface area contributed by atoms with Crippen LogP contribution in [0.1, 0.15) is 21.7 Å². The Labute approximate surface area is 110 Å². The summed E-state index contributed by atoms with van der Waals surface area (Å²) in [5, 5.41) is 12.6. The van der Waals surface area contributed by atoms with Gasteiger partial charge in [-0.2, -0.15) is 0 Å². The van der Waals surface area contributed by atoms with E-state index in [1.807, 2.05) is 13.0 Å². The van der Waals surface area contributed by atoms with Crippen molar-refractivity contribution < 1.29 is 19.1 Å². The molecule has 0 radical (unpaired) electrons. The summed E-state index contributed by atoms with van der Waals surface area (Å²) in [5.41, 5.74) is 2.05. The zero-order valence-corrected chi connectivity index (χ0v) is 10.8. The molecule has 100 valence electrons. The van der Waals surface area contributed by atoms with Crippen LogP contribution in [0, 0.1) is 6.92 Å². The van der Waals surface area contributed by atoms with Crippen molar-refractivity contribution >= 4 is 11.7 Å². The third-order valence-corrected chi connectivity index (χ3v) is 2.74. The standard InChI is InChI=1S/C14H15NO4/c1-9-5-11(3-4-13(9)16)15-7-12-6-10(8-19-12)14(17)18-2/h3-6,8,15-16H,7H2,1-2H3. The van der Waals surface area contributed by atoms with E-state index in [0.717, 1.165) is 11.3 Å². The predicted molar refractivity (Wildman–Crippen MR) is 70.2 cm³/mol. The Morgan fingerprint density at radius 1 is 1.42 bits per heavy atom. The number of ether oxygens (including phenoxy) is 1. The average molecular weight is 261 g/mol. The third kappa shape index (κ3) is 3.07. The molecule has 0 aliphatic carbocycles. The van der Waals surface area contributed by atoms with E-state index in [9.17, 15) is 9.90 Å². The van der Waals surface area contributed by atoms with E-state index in [1.165, 1.54) is 13.4 Å². The highest BCUT2D eigenvalue weighted by molar-refractivity contribution is 5.88. The summed E-state index contributed by atoms with van der Waals surface area (Å²) in [6, 6.07) is 6.86. The number of hydrogen-bond acceptors (Lipinski definition) is 5. The van der Waals surface area contributed by atoms with Gasteiger partial charge in [0, 0.05) is 5.69 Å². The Morgan fingerprint density at radius 2 is 2.21 bits per heavy atom. The van der Waals surface area contributed by atoms with Gasteiger partial charge in [0.2, 0.25) is 0 Å². The molecular formula is C14H15NO4. The number of furan rings is 1. The van der Waals surface area contributed by atoms with Gasteiger partial charge in [-0.15, -0.1) is 0 Å². The lowest BCUT2D eigenvalue weighted by Gasteiger charge is -2.06. The Kier molecular flexibility index (Phi) is 3.75. The summed E-state index contributed by atoms with van der Waals surface area (Å²) in [6.07, 6.45) is 1.37. The highest BCUT2D eigenvalue weighted by Gasteiger charge is 2.09. The molecule has 5 nitrogen and oxygen atoms in total. The van der Waals surface area contributed by atoms with Crippen molar-refractivity contribution in [1.82, 2.24) is 0 Å². The van der Waals surface area contributed by atoms with Crippen molar-refractivity contribution in [3.8, 4) is 5.75 Å². The SMILES string of the molecule is COC(=O)c1coc(CNc2ccc(O)c(C)c2)c1. The number of hydrogen-bond donors (Lipinski definition) is 2. The number of aryl methyl sites for hydroxylation is 1. The minimum atomic E-state index is -0.421.